The number of rotatable bonds is 9. The summed E-state index contributed by atoms with van der Waals surface area (Å²) in [6.45, 7) is 6.87. The normalized spacial score (nSPS) is 10.4. The first-order valence-electron chi connectivity index (χ1n) is 7.67. The van der Waals surface area contributed by atoms with Crippen LogP contribution >= 0.6 is 24.0 Å². The van der Waals surface area contributed by atoms with Gasteiger partial charge in [0, 0.05) is 39.5 Å². The van der Waals surface area contributed by atoms with E-state index in [2.05, 4.69) is 20.9 Å². The first-order valence-corrected chi connectivity index (χ1v) is 7.67. The van der Waals surface area contributed by atoms with Crippen LogP contribution in [-0.4, -0.2) is 44.7 Å². The molecule has 6 nitrogen and oxygen atoms in total. The van der Waals surface area contributed by atoms with Gasteiger partial charge in [-0.05, 0) is 19.1 Å². The number of benzene rings is 1. The van der Waals surface area contributed by atoms with Gasteiger partial charge in [-0.3, -0.25) is 9.79 Å². The predicted molar refractivity (Wildman–Crippen MR) is 105 cm³/mol. The van der Waals surface area contributed by atoms with E-state index < -0.39 is 0 Å². The number of halogens is 1. The molecule has 0 spiro atoms. The number of hydrogen-bond donors (Lipinski definition) is 3. The second-order valence-corrected chi connectivity index (χ2v) is 4.69. The summed E-state index contributed by atoms with van der Waals surface area (Å²) < 4.78 is 5.62. The topological polar surface area (TPSA) is 74.8 Å². The van der Waals surface area contributed by atoms with Gasteiger partial charge in [0.1, 0.15) is 5.75 Å². The zero-order valence-electron chi connectivity index (χ0n) is 13.8. The van der Waals surface area contributed by atoms with Gasteiger partial charge < -0.3 is 20.7 Å². The van der Waals surface area contributed by atoms with Gasteiger partial charge in [0.2, 0.25) is 5.91 Å². The number of hydrogen-bond acceptors (Lipinski definition) is 3. The van der Waals surface area contributed by atoms with Gasteiger partial charge in [0.15, 0.2) is 5.96 Å². The van der Waals surface area contributed by atoms with Crippen molar-refractivity contribution >= 4 is 35.8 Å². The predicted octanol–water partition coefficient (Wildman–Crippen LogP) is 1.76. The minimum Gasteiger partial charge on any atom is -0.494 e. The van der Waals surface area contributed by atoms with Crippen molar-refractivity contribution in [1.82, 2.24) is 16.0 Å². The van der Waals surface area contributed by atoms with Crippen LogP contribution in [0.15, 0.2) is 35.3 Å². The molecule has 0 atom stereocenters. The molecule has 1 aromatic carbocycles. The summed E-state index contributed by atoms with van der Waals surface area (Å²) in [5, 5.41) is 9.07. The lowest BCUT2D eigenvalue weighted by Crippen LogP contribution is -2.41. The summed E-state index contributed by atoms with van der Waals surface area (Å²) in [7, 11) is 0. The van der Waals surface area contributed by atoms with Crippen LogP contribution in [0.4, 0.5) is 0 Å². The van der Waals surface area contributed by atoms with E-state index in [9.17, 15) is 4.79 Å². The van der Waals surface area contributed by atoms with Gasteiger partial charge in [-0.15, -0.1) is 24.0 Å². The third-order valence-corrected chi connectivity index (χ3v) is 2.72. The summed E-state index contributed by atoms with van der Waals surface area (Å²) in [6, 6.07) is 9.76. The summed E-state index contributed by atoms with van der Waals surface area (Å²) in [5.74, 6) is 1.61. The highest BCUT2D eigenvalue weighted by Crippen LogP contribution is 2.08. The van der Waals surface area contributed by atoms with E-state index >= 15 is 0 Å². The average Bonchev–Trinajstić information content (AvgIpc) is 2.52. The first-order chi connectivity index (χ1) is 10.7. The molecule has 7 heteroatoms. The van der Waals surface area contributed by atoms with Crippen molar-refractivity contribution in [2.75, 3.05) is 32.8 Å². The van der Waals surface area contributed by atoms with Crippen molar-refractivity contribution in [2.45, 2.75) is 20.3 Å². The Morgan fingerprint density at radius 1 is 1.13 bits per heavy atom. The number of ether oxygens (including phenoxy) is 1. The summed E-state index contributed by atoms with van der Waals surface area (Å²) in [4.78, 5) is 15.2. The Morgan fingerprint density at radius 2 is 1.83 bits per heavy atom. The maximum atomic E-state index is 10.8. The molecule has 3 N–H and O–H groups in total. The second-order valence-electron chi connectivity index (χ2n) is 4.69. The lowest BCUT2D eigenvalue weighted by atomic mass is 10.3. The fourth-order valence-electron chi connectivity index (χ4n) is 1.72. The molecule has 0 radical (unpaired) electrons. The molecular weight excluding hydrogens is 407 g/mol. The average molecular weight is 434 g/mol. The van der Waals surface area contributed by atoms with Gasteiger partial charge >= 0.3 is 0 Å². The van der Waals surface area contributed by atoms with E-state index in [1.807, 2.05) is 37.3 Å². The number of nitrogens with one attached hydrogen (secondary N) is 3. The molecule has 0 saturated heterocycles. The highest BCUT2D eigenvalue weighted by Gasteiger charge is 1.97. The quantitative estimate of drug-likeness (QED) is 0.240. The van der Waals surface area contributed by atoms with E-state index in [0.717, 1.165) is 24.7 Å². The standard InChI is InChI=1S/C16H26N4O2.HI/c1-3-17-16(20-12-11-18-14(2)21)19-10-7-13-22-15-8-5-4-6-9-15;/h4-6,8-9H,3,7,10-13H2,1-2H3,(H,18,21)(H2,17,19,20);1H. The third-order valence-electron chi connectivity index (χ3n) is 2.72. The van der Waals surface area contributed by atoms with Gasteiger partial charge in [0.05, 0.1) is 6.61 Å². The van der Waals surface area contributed by atoms with Crippen LogP contribution in [0.25, 0.3) is 0 Å². The summed E-state index contributed by atoms with van der Waals surface area (Å²) >= 11 is 0. The van der Waals surface area contributed by atoms with Crippen molar-refractivity contribution in [3.63, 3.8) is 0 Å². The molecule has 130 valence electrons. The molecule has 0 aliphatic heterocycles. The molecule has 0 bridgehead atoms. The lowest BCUT2D eigenvalue weighted by Gasteiger charge is -2.11. The Morgan fingerprint density at radius 3 is 2.48 bits per heavy atom. The number of guanidine groups is 1. The molecule has 0 unspecified atom stereocenters. The van der Waals surface area contributed by atoms with E-state index in [0.29, 0.717) is 26.2 Å². The fourth-order valence-corrected chi connectivity index (χ4v) is 1.72. The Kier molecular flexibility index (Phi) is 13.2. The molecule has 1 aromatic rings. The van der Waals surface area contributed by atoms with E-state index in [1.54, 1.807) is 0 Å². The van der Waals surface area contributed by atoms with Crippen LogP contribution in [-0.2, 0) is 4.79 Å². The van der Waals surface area contributed by atoms with Crippen LogP contribution in [0.3, 0.4) is 0 Å². The van der Waals surface area contributed by atoms with Crippen molar-refractivity contribution < 1.29 is 9.53 Å². The maximum absolute atomic E-state index is 10.8. The number of nitrogens with zero attached hydrogens (tertiary/aromatic N) is 1. The first kappa shape index (κ1) is 21.5. The van der Waals surface area contributed by atoms with E-state index in [4.69, 9.17) is 4.74 Å². The maximum Gasteiger partial charge on any atom is 0.216 e. The fraction of sp³-hybridized carbons (Fsp3) is 0.500. The number of para-hydroxylation sites is 1. The SMILES string of the molecule is CCNC(=NCCCOc1ccccc1)NCCNC(C)=O.I. The monoisotopic (exact) mass is 434 g/mol. The minimum atomic E-state index is -0.0261. The van der Waals surface area contributed by atoms with Gasteiger partial charge in [0.25, 0.3) is 0 Å². The molecular formula is C16H27IN4O2. The molecule has 23 heavy (non-hydrogen) atoms. The van der Waals surface area contributed by atoms with Crippen LogP contribution in [0, 0.1) is 0 Å². The summed E-state index contributed by atoms with van der Waals surface area (Å²) in [5.41, 5.74) is 0. The Bertz CT molecular complexity index is 455. The molecule has 0 saturated carbocycles. The van der Waals surface area contributed by atoms with E-state index in [-0.39, 0.29) is 29.9 Å². The summed E-state index contributed by atoms with van der Waals surface area (Å²) in [6.07, 6.45) is 0.844. The highest BCUT2D eigenvalue weighted by atomic mass is 127. The van der Waals surface area contributed by atoms with Crippen molar-refractivity contribution in [2.24, 2.45) is 4.99 Å². The number of amides is 1. The number of carbonyl (C=O) groups excluding carboxylic acids is 1. The molecule has 1 rings (SSSR count). The van der Waals surface area contributed by atoms with E-state index in [1.165, 1.54) is 6.92 Å². The Balaban J connectivity index is 0.00000484. The lowest BCUT2D eigenvalue weighted by molar-refractivity contribution is -0.118. The molecule has 0 aliphatic rings. The smallest absolute Gasteiger partial charge is 0.216 e. The Hall–Kier alpha value is -1.51. The zero-order chi connectivity index (χ0) is 16.0. The van der Waals surface area contributed by atoms with Gasteiger partial charge in [-0.1, -0.05) is 18.2 Å². The van der Waals surface area contributed by atoms with Gasteiger partial charge in [-0.25, -0.2) is 0 Å². The van der Waals surface area contributed by atoms with Gasteiger partial charge in [-0.2, -0.15) is 0 Å². The molecule has 0 aliphatic carbocycles. The van der Waals surface area contributed by atoms with Crippen LogP contribution in [0.5, 0.6) is 5.75 Å². The van der Waals surface area contributed by atoms with Crippen molar-refractivity contribution in [3.05, 3.63) is 30.3 Å². The number of aliphatic imine (C=N–C) groups is 1. The largest absolute Gasteiger partial charge is 0.494 e. The van der Waals surface area contributed by atoms with Crippen LogP contribution < -0.4 is 20.7 Å². The van der Waals surface area contributed by atoms with Crippen molar-refractivity contribution in [1.29, 1.82) is 0 Å². The van der Waals surface area contributed by atoms with Crippen LogP contribution in [0.1, 0.15) is 20.3 Å². The molecule has 0 fully saturated rings. The van der Waals surface area contributed by atoms with Crippen LogP contribution in [0.2, 0.25) is 0 Å². The molecule has 0 aromatic heterocycles. The molecule has 1 amide bonds. The molecule has 0 heterocycles. The second kappa shape index (κ2) is 14.1. The minimum absolute atomic E-state index is 0. The zero-order valence-corrected chi connectivity index (χ0v) is 16.1. The number of carbonyl (C=O) groups is 1. The van der Waals surface area contributed by atoms with Crippen molar-refractivity contribution in [3.8, 4) is 5.75 Å². The Labute approximate surface area is 155 Å². The highest BCUT2D eigenvalue weighted by molar-refractivity contribution is 14.0. The third kappa shape index (κ3) is 11.7.